The number of aromatic nitrogens is 4. The molecule has 1 fully saturated rings. The van der Waals surface area contributed by atoms with Gasteiger partial charge in [0.05, 0.1) is 6.20 Å². The lowest BCUT2D eigenvalue weighted by Crippen LogP contribution is -2.39. The van der Waals surface area contributed by atoms with Crippen LogP contribution in [-0.2, 0) is 20.0 Å². The first-order valence-electron chi connectivity index (χ1n) is 11.0. The lowest BCUT2D eigenvalue weighted by atomic mass is 9.92. The summed E-state index contributed by atoms with van der Waals surface area (Å²) >= 11 is 0. The fourth-order valence-corrected chi connectivity index (χ4v) is 4.62. The van der Waals surface area contributed by atoms with Crippen molar-refractivity contribution in [3.8, 4) is 11.1 Å². The molecule has 0 aliphatic carbocycles. The minimum Gasteiger partial charge on any atom is -0.368 e. The van der Waals surface area contributed by atoms with Crippen molar-refractivity contribution in [2.45, 2.75) is 32.4 Å². The molecule has 0 bridgehead atoms. The molecule has 2 aliphatic heterocycles. The van der Waals surface area contributed by atoms with Crippen LogP contribution in [0.15, 0.2) is 36.7 Å². The van der Waals surface area contributed by atoms with Gasteiger partial charge in [-0.1, -0.05) is 12.1 Å². The van der Waals surface area contributed by atoms with E-state index in [-0.39, 0.29) is 0 Å². The lowest BCUT2D eigenvalue weighted by Gasteiger charge is -2.36. The molecule has 0 amide bonds. The minimum atomic E-state index is 0.338. The number of benzene rings is 1. The number of nitrogens with two attached hydrogens (primary N) is 1. The van der Waals surface area contributed by atoms with Crippen LogP contribution in [0.25, 0.3) is 11.1 Å². The third-order valence-electron chi connectivity index (χ3n) is 6.31. The van der Waals surface area contributed by atoms with Crippen LogP contribution in [0.2, 0.25) is 0 Å². The van der Waals surface area contributed by atoms with Gasteiger partial charge in [-0.25, -0.2) is 0 Å². The largest absolute Gasteiger partial charge is 0.368 e. The van der Waals surface area contributed by atoms with Crippen molar-refractivity contribution < 1.29 is 0 Å². The number of anilines is 3. The van der Waals surface area contributed by atoms with Gasteiger partial charge in [0.15, 0.2) is 0 Å². The molecule has 162 valence electrons. The van der Waals surface area contributed by atoms with E-state index >= 15 is 0 Å². The highest BCUT2D eigenvalue weighted by Gasteiger charge is 2.26. The van der Waals surface area contributed by atoms with Gasteiger partial charge in [-0.15, -0.1) is 0 Å². The van der Waals surface area contributed by atoms with Crippen molar-refractivity contribution >= 4 is 17.6 Å². The highest BCUT2D eigenvalue weighted by Crippen LogP contribution is 2.32. The molecular formula is C23H30N8. The summed E-state index contributed by atoms with van der Waals surface area (Å²) in [4.78, 5) is 13.8. The fourth-order valence-electron chi connectivity index (χ4n) is 4.62. The van der Waals surface area contributed by atoms with Crippen LogP contribution in [0, 0.1) is 0 Å². The Balaban J connectivity index is 1.45. The first kappa shape index (κ1) is 19.8. The molecule has 4 heterocycles. The van der Waals surface area contributed by atoms with Crippen LogP contribution in [0.5, 0.6) is 0 Å². The molecule has 0 spiro atoms. The first-order chi connectivity index (χ1) is 15.1. The molecule has 3 N–H and O–H groups in total. The molecule has 8 heteroatoms. The van der Waals surface area contributed by atoms with Crippen LogP contribution >= 0.6 is 0 Å². The number of fused-ring (bicyclic) bond motifs is 1. The number of hydrogen-bond acceptors (Lipinski definition) is 7. The Hall–Kier alpha value is -3.13. The van der Waals surface area contributed by atoms with Crippen LogP contribution < -0.4 is 20.9 Å². The van der Waals surface area contributed by atoms with Crippen LogP contribution in [0.4, 0.5) is 17.6 Å². The smallest absolute Gasteiger partial charge is 0.223 e. The Morgan fingerprint density at radius 1 is 1.03 bits per heavy atom. The van der Waals surface area contributed by atoms with Crippen LogP contribution in [0.3, 0.4) is 0 Å². The molecule has 0 saturated carbocycles. The molecule has 31 heavy (non-hydrogen) atoms. The number of hydrogen-bond donors (Lipinski definition) is 2. The molecule has 1 atom stereocenters. The van der Waals surface area contributed by atoms with Gasteiger partial charge < -0.3 is 20.9 Å². The van der Waals surface area contributed by atoms with Crippen molar-refractivity contribution in [2.75, 3.05) is 41.7 Å². The van der Waals surface area contributed by atoms with Gasteiger partial charge in [0.1, 0.15) is 11.6 Å². The van der Waals surface area contributed by atoms with Gasteiger partial charge in [0.2, 0.25) is 5.95 Å². The quantitative estimate of drug-likeness (QED) is 0.674. The van der Waals surface area contributed by atoms with Crippen molar-refractivity contribution in [3.05, 3.63) is 47.8 Å². The van der Waals surface area contributed by atoms with Gasteiger partial charge >= 0.3 is 0 Å². The third kappa shape index (κ3) is 4.07. The van der Waals surface area contributed by atoms with E-state index in [1.807, 2.05) is 17.9 Å². The third-order valence-corrected chi connectivity index (χ3v) is 6.31. The number of aryl methyl sites for hydroxylation is 1. The number of rotatable bonds is 3. The van der Waals surface area contributed by atoms with E-state index in [2.05, 4.69) is 67.6 Å². The van der Waals surface area contributed by atoms with Crippen molar-refractivity contribution in [3.63, 3.8) is 0 Å². The normalized spacial score (nSPS) is 19.2. The first-order valence-corrected chi connectivity index (χ1v) is 11.0. The highest BCUT2D eigenvalue weighted by atomic mass is 15.3. The SMILES string of the molecule is CC1Cc2ccc(-c3cnn(C)c3)cc2CN1c1cc(N2CCCNCC2)nc(N)n1. The molecule has 0 radical (unpaired) electrons. The molecule has 2 aromatic heterocycles. The molecule has 8 nitrogen and oxygen atoms in total. The second-order valence-corrected chi connectivity index (χ2v) is 8.60. The second-order valence-electron chi connectivity index (χ2n) is 8.60. The molecule has 1 unspecified atom stereocenters. The summed E-state index contributed by atoms with van der Waals surface area (Å²) in [5.41, 5.74) is 11.2. The average Bonchev–Trinajstić information content (AvgIpc) is 3.02. The highest BCUT2D eigenvalue weighted by molar-refractivity contribution is 5.65. The maximum atomic E-state index is 6.15. The number of nitrogens with zero attached hydrogens (tertiary/aromatic N) is 6. The van der Waals surface area contributed by atoms with Gasteiger partial charge in [-0.05, 0) is 49.1 Å². The van der Waals surface area contributed by atoms with Crippen molar-refractivity contribution in [2.24, 2.45) is 7.05 Å². The van der Waals surface area contributed by atoms with E-state index in [1.54, 1.807) is 0 Å². The van der Waals surface area contributed by atoms with Gasteiger partial charge in [0, 0.05) is 57.1 Å². The van der Waals surface area contributed by atoms with E-state index in [4.69, 9.17) is 5.73 Å². The van der Waals surface area contributed by atoms with Crippen LogP contribution in [0.1, 0.15) is 24.5 Å². The zero-order valence-corrected chi connectivity index (χ0v) is 18.3. The van der Waals surface area contributed by atoms with E-state index in [0.29, 0.717) is 12.0 Å². The molecular weight excluding hydrogens is 388 g/mol. The molecule has 1 aromatic carbocycles. The summed E-state index contributed by atoms with van der Waals surface area (Å²) in [6.45, 7) is 6.99. The Morgan fingerprint density at radius 3 is 2.74 bits per heavy atom. The topological polar surface area (TPSA) is 88.1 Å². The Labute approximate surface area is 183 Å². The van der Waals surface area contributed by atoms with E-state index in [1.165, 1.54) is 16.7 Å². The van der Waals surface area contributed by atoms with E-state index in [0.717, 1.165) is 62.8 Å². The Bertz CT molecular complexity index is 1070. The Kier molecular flexibility index (Phi) is 5.23. The van der Waals surface area contributed by atoms with Gasteiger partial charge in [-0.2, -0.15) is 15.1 Å². The van der Waals surface area contributed by atoms with E-state index in [9.17, 15) is 0 Å². The van der Waals surface area contributed by atoms with Crippen molar-refractivity contribution in [1.29, 1.82) is 0 Å². The summed E-state index contributed by atoms with van der Waals surface area (Å²) in [5.74, 6) is 2.17. The average molecular weight is 419 g/mol. The lowest BCUT2D eigenvalue weighted by molar-refractivity contribution is 0.587. The monoisotopic (exact) mass is 418 g/mol. The summed E-state index contributed by atoms with van der Waals surface area (Å²) in [5, 5.41) is 7.76. The number of nitrogen functional groups attached to an aromatic ring is 1. The molecule has 1 saturated heterocycles. The fraction of sp³-hybridized carbons (Fsp3) is 0.435. The summed E-state index contributed by atoms with van der Waals surface area (Å²) in [6.07, 6.45) is 6.05. The van der Waals surface area contributed by atoms with E-state index < -0.39 is 0 Å². The zero-order valence-electron chi connectivity index (χ0n) is 18.3. The maximum absolute atomic E-state index is 6.15. The molecule has 2 aliphatic rings. The minimum absolute atomic E-state index is 0.338. The van der Waals surface area contributed by atoms with Crippen molar-refractivity contribution in [1.82, 2.24) is 25.1 Å². The zero-order chi connectivity index (χ0) is 21.4. The predicted octanol–water partition coefficient (Wildman–Crippen LogP) is 2.21. The molecule has 3 aromatic rings. The number of nitrogens with one attached hydrogen (secondary N) is 1. The predicted molar refractivity (Wildman–Crippen MR) is 124 cm³/mol. The summed E-state index contributed by atoms with van der Waals surface area (Å²) in [7, 11) is 1.95. The standard InChI is InChI=1S/C23H30N8/c1-16-10-17-4-5-18(20-13-26-29(2)14-20)11-19(17)15-31(16)22-12-21(27-23(24)28-22)30-8-3-6-25-7-9-30/h4-5,11-14,16,25H,3,6-10,15H2,1-2H3,(H2,24,27,28). The second kappa shape index (κ2) is 8.19. The van der Waals surface area contributed by atoms with Gasteiger partial charge in [0.25, 0.3) is 0 Å². The maximum Gasteiger partial charge on any atom is 0.223 e. The molecule has 5 rings (SSSR count). The Morgan fingerprint density at radius 2 is 1.90 bits per heavy atom. The summed E-state index contributed by atoms with van der Waals surface area (Å²) in [6, 6.07) is 9.19. The van der Waals surface area contributed by atoms with Gasteiger partial charge in [-0.3, -0.25) is 4.68 Å². The summed E-state index contributed by atoms with van der Waals surface area (Å²) < 4.78 is 1.84. The van der Waals surface area contributed by atoms with Crippen LogP contribution in [-0.4, -0.2) is 52.0 Å².